The Hall–Kier alpha value is -2.74. The van der Waals surface area contributed by atoms with Crippen LogP contribution in [0.25, 0.3) is 0 Å². The van der Waals surface area contributed by atoms with Crippen molar-refractivity contribution in [2.75, 3.05) is 13.1 Å². The van der Waals surface area contributed by atoms with Gasteiger partial charge in [0.2, 0.25) is 5.91 Å². The fraction of sp³-hybridized carbons (Fsp3) is 0.368. The lowest BCUT2D eigenvalue weighted by molar-refractivity contribution is -0.135. The minimum absolute atomic E-state index is 0.296. The Morgan fingerprint density at radius 3 is 2.67 bits per heavy atom. The number of carbonyl (C=O) groups excluding carboxylic acids is 3. The summed E-state index contributed by atoms with van der Waals surface area (Å²) in [5.41, 5.74) is 0.519. The molecule has 0 aliphatic carbocycles. The molecule has 1 saturated heterocycles. The molecule has 2 aromatic rings. The zero-order chi connectivity index (χ0) is 19.4. The maximum Gasteiger partial charge on any atom is 0.325 e. The summed E-state index contributed by atoms with van der Waals surface area (Å²) in [5.74, 6) is -0.767. The Morgan fingerprint density at radius 2 is 2.04 bits per heavy atom. The third-order valence-corrected chi connectivity index (χ3v) is 5.47. The SMILES string of the molecule is CCC1(c2ccccc2)NC(=O)N(CC(=O)NCCc2csc(C)n2)C1=O. The molecule has 1 aliphatic rings. The minimum atomic E-state index is -1.11. The van der Waals surface area contributed by atoms with E-state index in [9.17, 15) is 14.4 Å². The van der Waals surface area contributed by atoms with Gasteiger partial charge in [0.1, 0.15) is 12.1 Å². The van der Waals surface area contributed by atoms with Crippen LogP contribution in [-0.2, 0) is 21.5 Å². The average Bonchev–Trinajstić information content (AvgIpc) is 3.19. The molecule has 1 aromatic carbocycles. The highest BCUT2D eigenvalue weighted by Crippen LogP contribution is 2.32. The van der Waals surface area contributed by atoms with E-state index in [0.29, 0.717) is 24.9 Å². The maximum absolute atomic E-state index is 13.0. The molecule has 2 N–H and O–H groups in total. The molecule has 27 heavy (non-hydrogen) atoms. The van der Waals surface area contributed by atoms with Gasteiger partial charge in [-0.25, -0.2) is 9.78 Å². The molecule has 1 aliphatic heterocycles. The predicted octanol–water partition coefficient (Wildman–Crippen LogP) is 1.97. The lowest BCUT2D eigenvalue weighted by Gasteiger charge is -2.25. The fourth-order valence-electron chi connectivity index (χ4n) is 3.18. The lowest BCUT2D eigenvalue weighted by Crippen LogP contribution is -2.45. The van der Waals surface area contributed by atoms with Crippen LogP contribution in [-0.4, -0.2) is 40.8 Å². The molecular weight excluding hydrogens is 364 g/mol. The largest absolute Gasteiger partial charge is 0.354 e. The summed E-state index contributed by atoms with van der Waals surface area (Å²) in [6, 6.07) is 8.56. The zero-order valence-electron chi connectivity index (χ0n) is 15.3. The van der Waals surface area contributed by atoms with Crippen LogP contribution in [0.4, 0.5) is 4.79 Å². The van der Waals surface area contributed by atoms with Crippen LogP contribution in [0, 0.1) is 6.92 Å². The number of rotatable bonds is 7. The zero-order valence-corrected chi connectivity index (χ0v) is 16.1. The molecule has 0 saturated carbocycles. The van der Waals surface area contributed by atoms with Gasteiger partial charge in [0, 0.05) is 18.3 Å². The molecule has 0 spiro atoms. The number of imide groups is 1. The van der Waals surface area contributed by atoms with Crippen LogP contribution in [0.1, 0.15) is 29.6 Å². The van der Waals surface area contributed by atoms with Crippen molar-refractivity contribution < 1.29 is 14.4 Å². The molecule has 0 bridgehead atoms. The smallest absolute Gasteiger partial charge is 0.325 e. The van der Waals surface area contributed by atoms with E-state index in [1.54, 1.807) is 23.5 Å². The van der Waals surface area contributed by atoms with Gasteiger partial charge in [-0.1, -0.05) is 37.3 Å². The van der Waals surface area contributed by atoms with E-state index in [2.05, 4.69) is 15.6 Å². The number of nitrogens with zero attached hydrogens (tertiary/aromatic N) is 2. The van der Waals surface area contributed by atoms with E-state index < -0.39 is 17.5 Å². The second-order valence-electron chi connectivity index (χ2n) is 6.40. The highest BCUT2D eigenvalue weighted by Gasteiger charge is 2.51. The molecule has 1 aromatic heterocycles. The van der Waals surface area contributed by atoms with Crippen molar-refractivity contribution in [3.63, 3.8) is 0 Å². The highest BCUT2D eigenvalue weighted by atomic mass is 32.1. The van der Waals surface area contributed by atoms with Crippen molar-refractivity contribution in [3.8, 4) is 0 Å². The van der Waals surface area contributed by atoms with Gasteiger partial charge in [0.25, 0.3) is 5.91 Å². The molecule has 1 fully saturated rings. The van der Waals surface area contributed by atoms with Crippen LogP contribution in [0.15, 0.2) is 35.7 Å². The Balaban J connectivity index is 1.62. The average molecular weight is 386 g/mol. The van der Waals surface area contributed by atoms with Crippen LogP contribution in [0.3, 0.4) is 0 Å². The number of thiazole rings is 1. The summed E-state index contributed by atoms with van der Waals surface area (Å²) in [6.45, 7) is 3.88. The second-order valence-corrected chi connectivity index (χ2v) is 7.47. The Morgan fingerprint density at radius 1 is 1.30 bits per heavy atom. The summed E-state index contributed by atoms with van der Waals surface area (Å²) in [7, 11) is 0. The van der Waals surface area contributed by atoms with Crippen molar-refractivity contribution in [1.29, 1.82) is 0 Å². The first-order valence-electron chi connectivity index (χ1n) is 8.83. The third-order valence-electron chi connectivity index (χ3n) is 4.64. The number of amides is 4. The van der Waals surface area contributed by atoms with Gasteiger partial charge >= 0.3 is 6.03 Å². The number of hydrogen-bond donors (Lipinski definition) is 2. The molecule has 1 atom stereocenters. The van der Waals surface area contributed by atoms with Gasteiger partial charge < -0.3 is 10.6 Å². The van der Waals surface area contributed by atoms with E-state index in [1.165, 1.54) is 0 Å². The van der Waals surface area contributed by atoms with Gasteiger partial charge in [0.05, 0.1) is 10.7 Å². The first kappa shape index (κ1) is 19.0. The number of carbonyl (C=O) groups is 3. The molecule has 142 valence electrons. The third kappa shape index (κ3) is 3.85. The van der Waals surface area contributed by atoms with Crippen LogP contribution in [0.2, 0.25) is 0 Å². The topological polar surface area (TPSA) is 91.4 Å². The standard InChI is InChI=1S/C19H22N4O3S/c1-3-19(14-7-5-4-6-8-14)17(25)23(18(26)22-19)11-16(24)20-10-9-15-12-27-13(2)21-15/h4-8,12H,3,9-11H2,1-2H3,(H,20,24)(H,22,26). The monoisotopic (exact) mass is 386 g/mol. The van der Waals surface area contributed by atoms with E-state index in [4.69, 9.17) is 0 Å². The number of nitrogens with one attached hydrogen (secondary N) is 2. The van der Waals surface area contributed by atoms with Crippen LogP contribution < -0.4 is 10.6 Å². The molecule has 4 amide bonds. The van der Waals surface area contributed by atoms with Gasteiger partial charge in [-0.15, -0.1) is 11.3 Å². The number of benzene rings is 1. The van der Waals surface area contributed by atoms with Gasteiger partial charge in [0.15, 0.2) is 0 Å². The van der Waals surface area contributed by atoms with E-state index >= 15 is 0 Å². The summed E-state index contributed by atoms with van der Waals surface area (Å²) >= 11 is 1.56. The molecule has 3 rings (SSSR count). The normalized spacial score (nSPS) is 19.3. The van der Waals surface area contributed by atoms with Gasteiger partial charge in [-0.3, -0.25) is 14.5 Å². The van der Waals surface area contributed by atoms with Gasteiger partial charge in [-0.05, 0) is 18.9 Å². The fourth-order valence-corrected chi connectivity index (χ4v) is 3.83. The van der Waals surface area contributed by atoms with Crippen molar-refractivity contribution in [2.45, 2.75) is 32.2 Å². The summed E-state index contributed by atoms with van der Waals surface area (Å²) in [5, 5.41) is 8.45. The van der Waals surface area contributed by atoms with Gasteiger partial charge in [-0.2, -0.15) is 0 Å². The van der Waals surface area contributed by atoms with Crippen molar-refractivity contribution in [2.24, 2.45) is 0 Å². The highest BCUT2D eigenvalue weighted by molar-refractivity contribution is 7.09. The van der Waals surface area contributed by atoms with Crippen LogP contribution in [0.5, 0.6) is 0 Å². The molecule has 2 heterocycles. The quantitative estimate of drug-likeness (QED) is 0.712. The second kappa shape index (κ2) is 7.87. The minimum Gasteiger partial charge on any atom is -0.354 e. The predicted molar refractivity (Wildman–Crippen MR) is 102 cm³/mol. The van der Waals surface area contributed by atoms with Crippen LogP contribution >= 0.6 is 11.3 Å². The number of hydrogen-bond acceptors (Lipinski definition) is 5. The molecule has 0 radical (unpaired) electrons. The summed E-state index contributed by atoms with van der Waals surface area (Å²) < 4.78 is 0. The molecule has 1 unspecified atom stereocenters. The summed E-state index contributed by atoms with van der Waals surface area (Å²) in [4.78, 5) is 42.9. The Labute approximate surface area is 161 Å². The first-order chi connectivity index (χ1) is 13.0. The maximum atomic E-state index is 13.0. The first-order valence-corrected chi connectivity index (χ1v) is 9.71. The lowest BCUT2D eigenvalue weighted by atomic mass is 9.87. The van der Waals surface area contributed by atoms with E-state index in [0.717, 1.165) is 15.6 Å². The number of aryl methyl sites for hydroxylation is 1. The Bertz CT molecular complexity index is 852. The Kier molecular flexibility index (Phi) is 5.55. The van der Waals surface area contributed by atoms with Crippen molar-refractivity contribution >= 4 is 29.2 Å². The van der Waals surface area contributed by atoms with Crippen molar-refractivity contribution in [1.82, 2.24) is 20.5 Å². The van der Waals surface area contributed by atoms with Crippen molar-refractivity contribution in [3.05, 3.63) is 52.0 Å². The molecular formula is C19H22N4O3S. The number of urea groups is 1. The summed E-state index contributed by atoms with van der Waals surface area (Å²) in [6.07, 6.45) is 1.02. The molecule has 8 heteroatoms. The number of aromatic nitrogens is 1. The molecule has 7 nitrogen and oxygen atoms in total. The van der Waals surface area contributed by atoms with E-state index in [1.807, 2.05) is 37.4 Å². The van der Waals surface area contributed by atoms with E-state index in [-0.39, 0.29) is 12.5 Å².